The van der Waals surface area contributed by atoms with E-state index in [2.05, 4.69) is 15.1 Å². The van der Waals surface area contributed by atoms with Crippen LogP contribution in [0, 0.1) is 6.92 Å². The van der Waals surface area contributed by atoms with Crippen molar-refractivity contribution >= 4 is 27.8 Å². The van der Waals surface area contributed by atoms with Crippen LogP contribution in [0.3, 0.4) is 0 Å². The molecule has 122 valence electrons. The van der Waals surface area contributed by atoms with E-state index in [1.807, 2.05) is 52.7 Å². The van der Waals surface area contributed by atoms with Crippen molar-refractivity contribution in [3.8, 4) is 11.4 Å². The van der Waals surface area contributed by atoms with Crippen LogP contribution in [-0.4, -0.2) is 23.7 Å². The van der Waals surface area contributed by atoms with Gasteiger partial charge in [-0.25, -0.2) is 4.98 Å². The molecular formula is C16H14N4O2S2. The summed E-state index contributed by atoms with van der Waals surface area (Å²) in [5.74, 6) is 1.50. The Kier molecular flexibility index (Phi) is 3.99. The standard InChI is InChI=1S/C16H14N4O2S2/c1-11-3-2-5-20-7-13(17-16(11)20)9-24(21)10-14-18-15(19-22-14)12-4-6-23-8-12/h2-8H,9-10H2,1H3/t24-/m1/s1. The molecule has 0 fully saturated rings. The third-order valence-electron chi connectivity index (χ3n) is 3.57. The quantitative estimate of drug-likeness (QED) is 0.548. The van der Waals surface area contributed by atoms with Crippen LogP contribution in [0.25, 0.3) is 17.0 Å². The van der Waals surface area contributed by atoms with E-state index in [4.69, 9.17) is 4.52 Å². The van der Waals surface area contributed by atoms with Gasteiger partial charge in [-0.1, -0.05) is 11.2 Å². The Morgan fingerprint density at radius 2 is 2.21 bits per heavy atom. The maximum absolute atomic E-state index is 12.4. The first-order valence-electron chi connectivity index (χ1n) is 7.32. The highest BCUT2D eigenvalue weighted by molar-refractivity contribution is 7.83. The minimum atomic E-state index is -1.16. The zero-order valence-electron chi connectivity index (χ0n) is 12.9. The molecule has 0 amide bonds. The van der Waals surface area contributed by atoms with Crippen molar-refractivity contribution in [2.75, 3.05) is 0 Å². The third-order valence-corrected chi connectivity index (χ3v) is 5.44. The molecular weight excluding hydrogens is 344 g/mol. The maximum Gasteiger partial charge on any atom is 0.239 e. The van der Waals surface area contributed by atoms with Crippen LogP contribution in [0.5, 0.6) is 0 Å². The second-order valence-electron chi connectivity index (χ2n) is 5.41. The summed E-state index contributed by atoms with van der Waals surface area (Å²) in [5.41, 5.74) is 3.69. The van der Waals surface area contributed by atoms with Crippen molar-refractivity contribution in [2.45, 2.75) is 18.4 Å². The fraction of sp³-hybridized carbons (Fsp3) is 0.188. The van der Waals surface area contributed by atoms with Crippen molar-refractivity contribution in [1.29, 1.82) is 0 Å². The van der Waals surface area contributed by atoms with E-state index >= 15 is 0 Å². The Bertz CT molecular complexity index is 1000. The van der Waals surface area contributed by atoms with Crippen molar-refractivity contribution in [1.82, 2.24) is 19.5 Å². The molecule has 0 N–H and O–H groups in total. The van der Waals surface area contributed by atoms with Gasteiger partial charge in [-0.2, -0.15) is 16.3 Å². The number of rotatable bonds is 5. The predicted octanol–water partition coefficient (Wildman–Crippen LogP) is 3.20. The molecule has 0 bridgehead atoms. The summed E-state index contributed by atoms with van der Waals surface area (Å²) in [4.78, 5) is 8.85. The Morgan fingerprint density at radius 3 is 3.00 bits per heavy atom. The van der Waals surface area contributed by atoms with Gasteiger partial charge in [0.2, 0.25) is 11.7 Å². The minimum Gasteiger partial charge on any atom is -0.338 e. The van der Waals surface area contributed by atoms with Gasteiger partial charge in [0.1, 0.15) is 11.4 Å². The number of hydrogen-bond donors (Lipinski definition) is 0. The smallest absolute Gasteiger partial charge is 0.239 e. The predicted molar refractivity (Wildman–Crippen MR) is 93.1 cm³/mol. The lowest BCUT2D eigenvalue weighted by Gasteiger charge is -1.95. The molecule has 8 heteroatoms. The number of imidazole rings is 1. The number of fused-ring (bicyclic) bond motifs is 1. The molecule has 0 spiro atoms. The van der Waals surface area contributed by atoms with Crippen molar-refractivity contribution < 1.29 is 8.73 Å². The largest absolute Gasteiger partial charge is 0.338 e. The highest BCUT2D eigenvalue weighted by Crippen LogP contribution is 2.19. The highest BCUT2D eigenvalue weighted by atomic mass is 32.2. The lowest BCUT2D eigenvalue weighted by molar-refractivity contribution is 0.390. The molecule has 0 radical (unpaired) electrons. The van der Waals surface area contributed by atoms with Crippen LogP contribution >= 0.6 is 11.3 Å². The Labute approximate surface area is 144 Å². The second-order valence-corrected chi connectivity index (χ2v) is 7.64. The molecule has 6 nitrogen and oxygen atoms in total. The van der Waals surface area contributed by atoms with E-state index in [-0.39, 0.29) is 5.75 Å². The SMILES string of the molecule is Cc1cccn2cc(C[S@@](=O)Cc3nc(-c4ccsc4)no3)nc12. The summed E-state index contributed by atoms with van der Waals surface area (Å²) in [7, 11) is -1.16. The number of pyridine rings is 1. The van der Waals surface area contributed by atoms with Gasteiger partial charge in [0.25, 0.3) is 0 Å². The van der Waals surface area contributed by atoms with Crippen LogP contribution in [0.15, 0.2) is 45.9 Å². The zero-order valence-corrected chi connectivity index (χ0v) is 14.5. The molecule has 4 heterocycles. The minimum absolute atomic E-state index is 0.226. The molecule has 4 rings (SSSR count). The monoisotopic (exact) mass is 358 g/mol. The van der Waals surface area contributed by atoms with Crippen LogP contribution in [0.1, 0.15) is 17.1 Å². The van der Waals surface area contributed by atoms with E-state index in [0.29, 0.717) is 17.5 Å². The molecule has 0 aliphatic carbocycles. The molecule has 0 aliphatic rings. The molecule has 4 aromatic rings. The first-order valence-corrected chi connectivity index (χ1v) is 9.75. The number of nitrogens with zero attached hydrogens (tertiary/aromatic N) is 4. The van der Waals surface area contributed by atoms with Gasteiger partial charge in [0.15, 0.2) is 0 Å². The summed E-state index contributed by atoms with van der Waals surface area (Å²) in [6.07, 6.45) is 3.84. The Hall–Kier alpha value is -2.32. The first kappa shape index (κ1) is 15.2. The van der Waals surface area contributed by atoms with E-state index in [0.717, 1.165) is 22.5 Å². The third kappa shape index (κ3) is 3.02. The number of aryl methyl sites for hydroxylation is 1. The van der Waals surface area contributed by atoms with Crippen molar-refractivity contribution in [3.63, 3.8) is 0 Å². The van der Waals surface area contributed by atoms with Crippen molar-refractivity contribution in [2.24, 2.45) is 0 Å². The van der Waals surface area contributed by atoms with Gasteiger partial charge < -0.3 is 8.92 Å². The van der Waals surface area contributed by atoms with E-state index in [1.165, 1.54) is 0 Å². The lowest BCUT2D eigenvalue weighted by Crippen LogP contribution is -2.00. The van der Waals surface area contributed by atoms with Crippen LogP contribution < -0.4 is 0 Å². The molecule has 0 saturated carbocycles. The molecule has 24 heavy (non-hydrogen) atoms. The average Bonchev–Trinajstić information content (AvgIpc) is 3.26. The lowest BCUT2D eigenvalue weighted by atomic mass is 10.3. The topological polar surface area (TPSA) is 73.3 Å². The highest BCUT2D eigenvalue weighted by Gasteiger charge is 2.14. The van der Waals surface area contributed by atoms with Gasteiger partial charge in [-0.05, 0) is 30.0 Å². The number of hydrogen-bond acceptors (Lipinski definition) is 6. The summed E-state index contributed by atoms with van der Waals surface area (Å²) in [6.45, 7) is 2.01. The van der Waals surface area contributed by atoms with Gasteiger partial charge in [-0.3, -0.25) is 4.21 Å². The molecule has 4 aromatic heterocycles. The van der Waals surface area contributed by atoms with Gasteiger partial charge in [-0.15, -0.1) is 0 Å². The summed E-state index contributed by atoms with van der Waals surface area (Å²) in [6, 6.07) is 5.90. The fourth-order valence-electron chi connectivity index (χ4n) is 2.45. The molecule has 0 aliphatic heterocycles. The molecule has 1 atom stereocenters. The first-order chi connectivity index (χ1) is 11.7. The molecule has 0 aromatic carbocycles. The van der Waals surface area contributed by atoms with E-state index in [9.17, 15) is 4.21 Å². The second kappa shape index (κ2) is 6.29. The van der Waals surface area contributed by atoms with Crippen LogP contribution in [0.2, 0.25) is 0 Å². The van der Waals surface area contributed by atoms with Crippen molar-refractivity contribution in [3.05, 3.63) is 58.5 Å². The fourth-order valence-corrected chi connectivity index (χ4v) is 4.05. The molecule has 0 unspecified atom stereocenters. The van der Waals surface area contributed by atoms with Gasteiger partial charge in [0, 0.05) is 34.1 Å². The summed E-state index contributed by atoms with van der Waals surface area (Å²) >= 11 is 1.57. The number of aromatic nitrogens is 4. The van der Waals surface area contributed by atoms with Crippen LogP contribution in [-0.2, 0) is 22.3 Å². The van der Waals surface area contributed by atoms with Crippen LogP contribution in [0.4, 0.5) is 0 Å². The zero-order chi connectivity index (χ0) is 16.5. The van der Waals surface area contributed by atoms with Gasteiger partial charge >= 0.3 is 0 Å². The summed E-state index contributed by atoms with van der Waals surface area (Å²) < 4.78 is 19.5. The Morgan fingerprint density at radius 1 is 1.29 bits per heavy atom. The molecule has 0 saturated heterocycles. The normalized spacial score (nSPS) is 12.7. The van der Waals surface area contributed by atoms with E-state index < -0.39 is 10.8 Å². The van der Waals surface area contributed by atoms with E-state index in [1.54, 1.807) is 11.3 Å². The number of thiophene rings is 1. The summed E-state index contributed by atoms with van der Waals surface area (Å²) in [5, 5.41) is 7.83. The maximum atomic E-state index is 12.4. The average molecular weight is 358 g/mol. The Balaban J connectivity index is 1.47. The van der Waals surface area contributed by atoms with Gasteiger partial charge in [0.05, 0.1) is 11.4 Å².